The highest BCUT2D eigenvalue weighted by atomic mass is 35.5. The molecule has 0 fully saturated rings. The fourth-order valence-corrected chi connectivity index (χ4v) is 1.70. The second-order valence-corrected chi connectivity index (χ2v) is 4.56. The van der Waals surface area contributed by atoms with Gasteiger partial charge in [0.25, 0.3) is 5.91 Å². The van der Waals surface area contributed by atoms with Crippen molar-refractivity contribution < 1.29 is 9.53 Å². The molecule has 4 nitrogen and oxygen atoms in total. The number of carbonyl (C=O) groups excluding carboxylic acids is 1. The van der Waals surface area contributed by atoms with Crippen LogP contribution >= 0.6 is 11.6 Å². The standard InChI is InChI=1S/C14H15ClN2O2/c1-10(19-13-6-4-11(15)5-7-13)14(18)17-9-12-3-2-8-16-12/h2-8,10,16H,9H2,1H3,(H,17,18)/t10-/m1/s1. The Morgan fingerprint density at radius 3 is 2.74 bits per heavy atom. The van der Waals surface area contributed by atoms with Crippen LogP contribution in [0.2, 0.25) is 5.02 Å². The first kappa shape index (κ1) is 13.5. The predicted octanol–water partition coefficient (Wildman–Crippen LogP) is 2.75. The first-order valence-electron chi connectivity index (χ1n) is 5.97. The molecule has 2 rings (SSSR count). The van der Waals surface area contributed by atoms with E-state index >= 15 is 0 Å². The SMILES string of the molecule is C[C@@H](Oc1ccc(Cl)cc1)C(=O)NCc1ccc[nH]1. The van der Waals surface area contributed by atoms with Crippen molar-refractivity contribution in [2.75, 3.05) is 0 Å². The summed E-state index contributed by atoms with van der Waals surface area (Å²) in [5, 5.41) is 3.43. The van der Waals surface area contributed by atoms with Crippen molar-refractivity contribution in [3.05, 3.63) is 53.3 Å². The third-order valence-corrected chi connectivity index (χ3v) is 2.86. The third-order valence-electron chi connectivity index (χ3n) is 2.61. The van der Waals surface area contributed by atoms with E-state index in [2.05, 4.69) is 10.3 Å². The summed E-state index contributed by atoms with van der Waals surface area (Å²) in [4.78, 5) is 14.9. The molecule has 1 aromatic carbocycles. The number of nitrogens with one attached hydrogen (secondary N) is 2. The van der Waals surface area contributed by atoms with Gasteiger partial charge in [0.2, 0.25) is 0 Å². The number of hydrogen-bond donors (Lipinski definition) is 2. The first-order chi connectivity index (χ1) is 9.15. The first-order valence-corrected chi connectivity index (χ1v) is 6.35. The van der Waals surface area contributed by atoms with Crippen molar-refractivity contribution in [1.29, 1.82) is 0 Å². The molecule has 0 aliphatic carbocycles. The number of H-pyrrole nitrogens is 1. The van der Waals surface area contributed by atoms with E-state index in [9.17, 15) is 4.79 Å². The van der Waals surface area contributed by atoms with Gasteiger partial charge >= 0.3 is 0 Å². The number of aromatic nitrogens is 1. The molecule has 2 aromatic rings. The lowest BCUT2D eigenvalue weighted by molar-refractivity contribution is -0.127. The second kappa shape index (κ2) is 6.29. The van der Waals surface area contributed by atoms with E-state index in [1.165, 1.54) is 0 Å². The third kappa shape index (κ3) is 4.03. The van der Waals surface area contributed by atoms with Crippen molar-refractivity contribution in [2.24, 2.45) is 0 Å². The Kier molecular flexibility index (Phi) is 4.47. The Bertz CT molecular complexity index is 523. The van der Waals surface area contributed by atoms with Crippen LogP contribution in [0.3, 0.4) is 0 Å². The summed E-state index contributed by atoms with van der Waals surface area (Å²) in [5.41, 5.74) is 0.951. The van der Waals surface area contributed by atoms with E-state index in [-0.39, 0.29) is 5.91 Å². The van der Waals surface area contributed by atoms with Crippen LogP contribution < -0.4 is 10.1 Å². The maximum Gasteiger partial charge on any atom is 0.261 e. The van der Waals surface area contributed by atoms with E-state index in [1.54, 1.807) is 31.2 Å². The van der Waals surface area contributed by atoms with Crippen molar-refractivity contribution in [3.63, 3.8) is 0 Å². The monoisotopic (exact) mass is 278 g/mol. The number of hydrogen-bond acceptors (Lipinski definition) is 2. The molecular weight excluding hydrogens is 264 g/mol. The van der Waals surface area contributed by atoms with Crippen LogP contribution in [0.1, 0.15) is 12.6 Å². The van der Waals surface area contributed by atoms with Crippen LogP contribution in [-0.2, 0) is 11.3 Å². The van der Waals surface area contributed by atoms with Gasteiger partial charge in [0.05, 0.1) is 6.54 Å². The number of aromatic amines is 1. The largest absolute Gasteiger partial charge is 0.481 e. The van der Waals surface area contributed by atoms with E-state index in [4.69, 9.17) is 16.3 Å². The zero-order valence-electron chi connectivity index (χ0n) is 10.5. The maximum absolute atomic E-state index is 11.8. The van der Waals surface area contributed by atoms with Gasteiger partial charge in [0.1, 0.15) is 5.75 Å². The smallest absolute Gasteiger partial charge is 0.261 e. The summed E-state index contributed by atoms with van der Waals surface area (Å²) in [5.74, 6) is 0.455. The van der Waals surface area contributed by atoms with E-state index < -0.39 is 6.10 Å². The molecule has 2 N–H and O–H groups in total. The summed E-state index contributed by atoms with van der Waals surface area (Å²) >= 11 is 5.78. The topological polar surface area (TPSA) is 54.1 Å². The van der Waals surface area contributed by atoms with Crippen LogP contribution in [0.5, 0.6) is 5.75 Å². The Labute approximate surface area is 116 Å². The van der Waals surface area contributed by atoms with Gasteiger partial charge < -0.3 is 15.0 Å². The lowest BCUT2D eigenvalue weighted by Crippen LogP contribution is -2.35. The Hall–Kier alpha value is -1.94. The molecule has 0 spiro atoms. The normalized spacial score (nSPS) is 11.9. The molecule has 0 radical (unpaired) electrons. The molecule has 0 aliphatic heterocycles. The number of ether oxygens (including phenoxy) is 1. The summed E-state index contributed by atoms with van der Waals surface area (Å²) in [6.07, 6.45) is 1.26. The quantitative estimate of drug-likeness (QED) is 0.884. The second-order valence-electron chi connectivity index (χ2n) is 4.13. The van der Waals surface area contributed by atoms with Gasteiger partial charge in [0.15, 0.2) is 6.10 Å². The minimum absolute atomic E-state index is 0.162. The van der Waals surface area contributed by atoms with Gasteiger partial charge in [-0.05, 0) is 43.3 Å². The summed E-state index contributed by atoms with van der Waals surface area (Å²) in [6, 6.07) is 10.7. The summed E-state index contributed by atoms with van der Waals surface area (Å²) in [7, 11) is 0. The van der Waals surface area contributed by atoms with Crippen LogP contribution in [0.15, 0.2) is 42.6 Å². The molecule has 100 valence electrons. The molecule has 1 atom stereocenters. The maximum atomic E-state index is 11.8. The molecule has 0 bridgehead atoms. The molecule has 0 unspecified atom stereocenters. The number of rotatable bonds is 5. The average Bonchev–Trinajstić information content (AvgIpc) is 2.91. The molecule has 1 heterocycles. The van der Waals surface area contributed by atoms with E-state index in [0.717, 1.165) is 5.69 Å². The van der Waals surface area contributed by atoms with Gasteiger partial charge in [-0.25, -0.2) is 0 Å². The van der Waals surface area contributed by atoms with Crippen LogP contribution in [-0.4, -0.2) is 17.0 Å². The lowest BCUT2D eigenvalue weighted by atomic mass is 10.3. The van der Waals surface area contributed by atoms with Crippen molar-refractivity contribution >= 4 is 17.5 Å². The molecule has 5 heteroatoms. The minimum atomic E-state index is -0.559. The van der Waals surface area contributed by atoms with Gasteiger partial charge in [-0.1, -0.05) is 11.6 Å². The molecule has 0 saturated heterocycles. The Morgan fingerprint density at radius 2 is 2.11 bits per heavy atom. The van der Waals surface area contributed by atoms with Gasteiger partial charge in [-0.2, -0.15) is 0 Å². The van der Waals surface area contributed by atoms with Gasteiger partial charge in [-0.3, -0.25) is 4.79 Å². The molecular formula is C14H15ClN2O2. The number of halogens is 1. The summed E-state index contributed by atoms with van der Waals surface area (Å²) in [6.45, 7) is 2.17. The molecule has 0 aliphatic rings. The lowest BCUT2D eigenvalue weighted by Gasteiger charge is -2.14. The summed E-state index contributed by atoms with van der Waals surface area (Å²) < 4.78 is 5.52. The molecule has 19 heavy (non-hydrogen) atoms. The molecule has 0 saturated carbocycles. The van der Waals surface area contributed by atoms with Crippen LogP contribution in [0, 0.1) is 0 Å². The Morgan fingerprint density at radius 1 is 1.37 bits per heavy atom. The fraction of sp³-hybridized carbons (Fsp3) is 0.214. The highest BCUT2D eigenvalue weighted by Crippen LogP contribution is 2.16. The average molecular weight is 279 g/mol. The van der Waals surface area contributed by atoms with E-state index in [0.29, 0.717) is 17.3 Å². The van der Waals surface area contributed by atoms with E-state index in [1.807, 2.05) is 18.3 Å². The number of benzene rings is 1. The minimum Gasteiger partial charge on any atom is -0.481 e. The molecule has 1 amide bonds. The number of amides is 1. The van der Waals surface area contributed by atoms with Crippen LogP contribution in [0.4, 0.5) is 0 Å². The zero-order valence-corrected chi connectivity index (χ0v) is 11.3. The van der Waals surface area contributed by atoms with Crippen molar-refractivity contribution in [1.82, 2.24) is 10.3 Å². The fourth-order valence-electron chi connectivity index (χ4n) is 1.57. The Balaban J connectivity index is 1.83. The van der Waals surface area contributed by atoms with Crippen molar-refractivity contribution in [2.45, 2.75) is 19.6 Å². The molecule has 1 aromatic heterocycles. The predicted molar refractivity (Wildman–Crippen MR) is 74.2 cm³/mol. The highest BCUT2D eigenvalue weighted by Gasteiger charge is 2.14. The van der Waals surface area contributed by atoms with Gasteiger partial charge in [-0.15, -0.1) is 0 Å². The highest BCUT2D eigenvalue weighted by molar-refractivity contribution is 6.30. The zero-order chi connectivity index (χ0) is 13.7. The van der Waals surface area contributed by atoms with Crippen molar-refractivity contribution in [3.8, 4) is 5.75 Å². The van der Waals surface area contributed by atoms with Gasteiger partial charge in [0, 0.05) is 16.9 Å². The number of carbonyl (C=O) groups is 1. The van der Waals surface area contributed by atoms with Crippen LogP contribution in [0.25, 0.3) is 0 Å².